The molecule has 2 N–H and O–H groups in total. The average Bonchev–Trinajstić information content (AvgIpc) is 2.66. The summed E-state index contributed by atoms with van der Waals surface area (Å²) >= 11 is 0. The number of nitro groups is 1. The van der Waals surface area contributed by atoms with Crippen LogP contribution >= 0.6 is 12.4 Å². The number of anilines is 1. The van der Waals surface area contributed by atoms with Gasteiger partial charge in [0.2, 0.25) is 0 Å². The van der Waals surface area contributed by atoms with Crippen molar-refractivity contribution in [2.24, 2.45) is 5.73 Å². The van der Waals surface area contributed by atoms with Crippen molar-refractivity contribution >= 4 is 35.7 Å². The minimum absolute atomic E-state index is 0. The van der Waals surface area contributed by atoms with E-state index in [1.54, 1.807) is 0 Å². The van der Waals surface area contributed by atoms with Gasteiger partial charge in [-0.05, 0) is 26.0 Å². The number of amides is 3. The van der Waals surface area contributed by atoms with E-state index >= 15 is 0 Å². The van der Waals surface area contributed by atoms with Crippen molar-refractivity contribution in [3.8, 4) is 0 Å². The molecule has 2 rings (SSSR count). The molecule has 26 heavy (non-hydrogen) atoms. The number of imide groups is 1. The molecule has 1 saturated heterocycles. The van der Waals surface area contributed by atoms with Gasteiger partial charge in [0.25, 0.3) is 11.6 Å². The first-order valence-corrected chi connectivity index (χ1v) is 7.14. The number of nitro benzene ring substituents is 1. The lowest BCUT2D eigenvalue weighted by Gasteiger charge is -2.26. The predicted molar refractivity (Wildman–Crippen MR) is 88.1 cm³/mol. The minimum atomic E-state index is -5.02. The Bertz CT molecular complexity index is 754. The number of hydrogen-bond acceptors (Lipinski definition) is 5. The number of urea groups is 1. The van der Waals surface area contributed by atoms with Crippen molar-refractivity contribution in [3.05, 3.63) is 33.9 Å². The second kappa shape index (κ2) is 7.08. The zero-order chi connectivity index (χ0) is 19.2. The van der Waals surface area contributed by atoms with E-state index in [4.69, 9.17) is 5.73 Å². The zero-order valence-corrected chi connectivity index (χ0v) is 14.6. The Morgan fingerprint density at radius 2 is 1.85 bits per heavy atom. The highest BCUT2D eigenvalue weighted by molar-refractivity contribution is 6.23. The molecule has 0 atom stereocenters. The van der Waals surface area contributed by atoms with Crippen molar-refractivity contribution in [2.45, 2.75) is 25.6 Å². The Morgan fingerprint density at radius 1 is 1.27 bits per heavy atom. The summed E-state index contributed by atoms with van der Waals surface area (Å²) in [5.74, 6) is -0.743. The summed E-state index contributed by atoms with van der Waals surface area (Å²) in [4.78, 5) is 36.3. The van der Waals surface area contributed by atoms with E-state index in [0.717, 1.165) is 11.0 Å². The highest BCUT2D eigenvalue weighted by Gasteiger charge is 2.52. The number of hydrogen-bond donors (Lipinski definition) is 1. The second-order valence-corrected chi connectivity index (χ2v) is 5.88. The summed E-state index contributed by atoms with van der Waals surface area (Å²) < 4.78 is 39.3. The smallest absolute Gasteiger partial charge is 0.329 e. The predicted octanol–water partition coefficient (Wildman–Crippen LogP) is 2.54. The van der Waals surface area contributed by atoms with E-state index in [-0.39, 0.29) is 31.2 Å². The topological polar surface area (TPSA) is 110 Å². The van der Waals surface area contributed by atoms with E-state index in [0.29, 0.717) is 17.0 Å². The summed E-state index contributed by atoms with van der Waals surface area (Å²) in [7, 11) is 0. The van der Waals surface area contributed by atoms with Gasteiger partial charge in [-0.15, -0.1) is 12.4 Å². The molecule has 1 aliphatic rings. The molecular formula is C14H16ClF3N4O4. The number of nitrogens with two attached hydrogens (primary N) is 1. The van der Waals surface area contributed by atoms with Crippen molar-refractivity contribution in [1.29, 1.82) is 0 Å². The van der Waals surface area contributed by atoms with E-state index in [1.807, 2.05) is 0 Å². The van der Waals surface area contributed by atoms with Gasteiger partial charge < -0.3 is 10.6 Å². The van der Waals surface area contributed by atoms with Gasteiger partial charge in [0.15, 0.2) is 0 Å². The van der Waals surface area contributed by atoms with Crippen LogP contribution in [0.5, 0.6) is 0 Å². The van der Waals surface area contributed by atoms with Crippen LogP contribution in [0.4, 0.5) is 29.3 Å². The molecule has 0 radical (unpaired) electrons. The zero-order valence-electron chi connectivity index (χ0n) is 13.7. The molecule has 8 nitrogen and oxygen atoms in total. The fourth-order valence-electron chi connectivity index (χ4n) is 2.62. The Kier molecular flexibility index (Phi) is 5.89. The molecule has 12 heteroatoms. The quantitative estimate of drug-likeness (QED) is 0.477. The van der Waals surface area contributed by atoms with E-state index in [2.05, 4.69) is 0 Å². The van der Waals surface area contributed by atoms with Crippen LogP contribution in [0.25, 0.3) is 0 Å². The third kappa shape index (κ3) is 3.44. The molecule has 1 fully saturated rings. The van der Waals surface area contributed by atoms with Gasteiger partial charge in [0, 0.05) is 19.2 Å². The molecule has 1 aromatic carbocycles. The third-order valence-electron chi connectivity index (χ3n) is 3.92. The number of alkyl halides is 3. The number of rotatable bonds is 4. The Labute approximate surface area is 152 Å². The highest BCUT2D eigenvalue weighted by Crippen LogP contribution is 2.40. The van der Waals surface area contributed by atoms with Crippen LogP contribution in [0, 0.1) is 10.1 Å². The molecule has 0 unspecified atom stereocenters. The minimum Gasteiger partial charge on any atom is -0.329 e. The summed E-state index contributed by atoms with van der Waals surface area (Å²) in [5, 5.41) is 10.8. The molecular weight excluding hydrogens is 381 g/mol. The van der Waals surface area contributed by atoms with Gasteiger partial charge in [-0.1, -0.05) is 0 Å². The van der Waals surface area contributed by atoms with E-state index in [9.17, 15) is 32.9 Å². The molecule has 144 valence electrons. The van der Waals surface area contributed by atoms with Crippen molar-refractivity contribution < 1.29 is 27.7 Å². The number of halogens is 4. The third-order valence-corrected chi connectivity index (χ3v) is 3.92. The van der Waals surface area contributed by atoms with Crippen LogP contribution in [-0.2, 0) is 11.0 Å². The summed E-state index contributed by atoms with van der Waals surface area (Å²) in [6.45, 7) is 2.98. The maximum absolute atomic E-state index is 13.1. The fourth-order valence-corrected chi connectivity index (χ4v) is 2.62. The largest absolute Gasteiger partial charge is 0.423 e. The summed E-state index contributed by atoms with van der Waals surface area (Å²) in [5.41, 5.74) is 1.03. The second-order valence-electron chi connectivity index (χ2n) is 5.88. The van der Waals surface area contributed by atoms with Crippen molar-refractivity contribution in [1.82, 2.24) is 4.90 Å². The van der Waals surface area contributed by atoms with Gasteiger partial charge in [-0.3, -0.25) is 14.9 Å². The summed E-state index contributed by atoms with van der Waals surface area (Å²) in [6.07, 6.45) is -5.02. The monoisotopic (exact) mass is 396 g/mol. The number of carbonyl (C=O) groups is 2. The molecule has 0 aromatic heterocycles. The number of carbonyl (C=O) groups excluding carboxylic acids is 2. The molecule has 0 saturated carbocycles. The lowest BCUT2D eigenvalue weighted by Crippen LogP contribution is -2.46. The number of nitrogens with zero attached hydrogens (tertiary/aromatic N) is 3. The Balaban J connectivity index is 0.00000338. The molecule has 1 heterocycles. The van der Waals surface area contributed by atoms with Crippen LogP contribution in [0.3, 0.4) is 0 Å². The molecule has 0 spiro atoms. The maximum Gasteiger partial charge on any atom is 0.423 e. The van der Waals surface area contributed by atoms with Gasteiger partial charge >= 0.3 is 12.2 Å². The van der Waals surface area contributed by atoms with Crippen LogP contribution < -0.4 is 10.6 Å². The highest BCUT2D eigenvalue weighted by atomic mass is 35.5. The molecule has 1 aromatic rings. The summed E-state index contributed by atoms with van der Waals surface area (Å²) in [6, 6.07) is 1.15. The van der Waals surface area contributed by atoms with Gasteiger partial charge in [-0.25, -0.2) is 9.69 Å². The molecule has 0 aliphatic carbocycles. The van der Waals surface area contributed by atoms with E-state index in [1.165, 1.54) is 13.8 Å². The van der Waals surface area contributed by atoms with Gasteiger partial charge in [0.05, 0.1) is 10.6 Å². The van der Waals surface area contributed by atoms with Gasteiger partial charge in [-0.2, -0.15) is 13.2 Å². The Hall–Kier alpha value is -2.40. The number of benzene rings is 1. The normalized spacial score (nSPS) is 16.7. The standard InChI is InChI=1S/C14H15F3N4O4.ClH/c1-13(2)11(22)20(12(23)19(13)6-5-18)8-3-4-10(21(24)25)9(7-8)14(15,16)17;/h3-4,7H,5-6,18H2,1-2H3;1H. The first-order valence-electron chi connectivity index (χ1n) is 7.14. The average molecular weight is 397 g/mol. The molecule has 0 bridgehead atoms. The van der Waals surface area contributed by atoms with Gasteiger partial charge in [0.1, 0.15) is 11.1 Å². The SMILES string of the molecule is CC1(C)C(=O)N(c2ccc([N+](=O)[O-])c(C(F)(F)F)c2)C(=O)N1CCN.Cl. The molecule has 3 amide bonds. The lowest BCUT2D eigenvalue weighted by molar-refractivity contribution is -0.388. The fraction of sp³-hybridized carbons (Fsp3) is 0.429. The first kappa shape index (κ1) is 21.6. The van der Waals surface area contributed by atoms with Crippen LogP contribution in [0.1, 0.15) is 19.4 Å². The Morgan fingerprint density at radius 3 is 2.31 bits per heavy atom. The van der Waals surface area contributed by atoms with Crippen molar-refractivity contribution in [2.75, 3.05) is 18.0 Å². The maximum atomic E-state index is 13.1. The molecule has 1 aliphatic heterocycles. The van der Waals surface area contributed by atoms with Crippen LogP contribution in [0.15, 0.2) is 18.2 Å². The van der Waals surface area contributed by atoms with Crippen molar-refractivity contribution in [3.63, 3.8) is 0 Å². The van der Waals surface area contributed by atoms with Crippen LogP contribution in [0.2, 0.25) is 0 Å². The lowest BCUT2D eigenvalue weighted by atomic mass is 10.0. The van der Waals surface area contributed by atoms with Crippen LogP contribution in [-0.4, -0.2) is 40.4 Å². The first-order chi connectivity index (χ1) is 11.4. The van der Waals surface area contributed by atoms with E-state index < -0.39 is 39.8 Å².